The number of hydrogen-bond acceptors (Lipinski definition) is 3. The average molecular weight is 229 g/mol. The lowest BCUT2D eigenvalue weighted by atomic mass is 9.68. The van der Waals surface area contributed by atoms with Crippen LogP contribution in [0.3, 0.4) is 0 Å². The van der Waals surface area contributed by atoms with Crippen LogP contribution >= 0.6 is 0 Å². The van der Waals surface area contributed by atoms with Crippen molar-refractivity contribution in [2.24, 2.45) is 11.1 Å². The SMILES string of the molecule is CCOC1(C(N)COC)CCC(C)(C)CC1. The molecule has 1 rings (SSSR count). The van der Waals surface area contributed by atoms with Gasteiger partial charge in [0.25, 0.3) is 0 Å². The Balaban J connectivity index is 2.67. The fourth-order valence-electron chi connectivity index (χ4n) is 2.59. The molecule has 0 aromatic carbocycles. The van der Waals surface area contributed by atoms with Crippen molar-refractivity contribution >= 4 is 0 Å². The van der Waals surface area contributed by atoms with Gasteiger partial charge in [-0.15, -0.1) is 0 Å². The van der Waals surface area contributed by atoms with Gasteiger partial charge in [0.2, 0.25) is 0 Å². The fraction of sp³-hybridized carbons (Fsp3) is 1.00. The maximum Gasteiger partial charge on any atom is 0.0855 e. The van der Waals surface area contributed by atoms with Crippen molar-refractivity contribution in [2.45, 2.75) is 58.1 Å². The van der Waals surface area contributed by atoms with Gasteiger partial charge in [-0.05, 0) is 38.0 Å². The Bertz CT molecular complexity index is 206. The van der Waals surface area contributed by atoms with E-state index in [-0.39, 0.29) is 11.6 Å². The highest BCUT2D eigenvalue weighted by Gasteiger charge is 2.43. The van der Waals surface area contributed by atoms with Crippen LogP contribution in [0.4, 0.5) is 0 Å². The summed E-state index contributed by atoms with van der Waals surface area (Å²) in [6.07, 6.45) is 4.48. The first-order valence-electron chi connectivity index (χ1n) is 6.34. The topological polar surface area (TPSA) is 44.5 Å². The third-order valence-electron chi connectivity index (χ3n) is 3.90. The highest BCUT2D eigenvalue weighted by Crippen LogP contribution is 2.43. The van der Waals surface area contributed by atoms with Crippen LogP contribution in [0.2, 0.25) is 0 Å². The molecule has 0 heterocycles. The fourth-order valence-corrected chi connectivity index (χ4v) is 2.59. The van der Waals surface area contributed by atoms with Gasteiger partial charge in [0.15, 0.2) is 0 Å². The Kier molecular flexibility index (Phi) is 4.77. The second-order valence-electron chi connectivity index (χ2n) is 5.72. The second kappa shape index (κ2) is 5.48. The van der Waals surface area contributed by atoms with Crippen LogP contribution in [0.1, 0.15) is 46.5 Å². The maximum absolute atomic E-state index is 6.22. The van der Waals surface area contributed by atoms with Crippen molar-refractivity contribution in [1.29, 1.82) is 0 Å². The summed E-state index contributed by atoms with van der Waals surface area (Å²) in [4.78, 5) is 0. The van der Waals surface area contributed by atoms with Crippen molar-refractivity contribution in [2.75, 3.05) is 20.3 Å². The number of hydrogen-bond donors (Lipinski definition) is 1. The van der Waals surface area contributed by atoms with Crippen LogP contribution in [-0.2, 0) is 9.47 Å². The summed E-state index contributed by atoms with van der Waals surface area (Å²) >= 11 is 0. The van der Waals surface area contributed by atoms with E-state index in [1.165, 1.54) is 12.8 Å². The Morgan fingerprint density at radius 1 is 1.19 bits per heavy atom. The molecule has 1 saturated carbocycles. The molecule has 2 N–H and O–H groups in total. The molecule has 0 aromatic heterocycles. The van der Waals surface area contributed by atoms with Crippen molar-refractivity contribution in [3.63, 3.8) is 0 Å². The van der Waals surface area contributed by atoms with Gasteiger partial charge in [-0.3, -0.25) is 0 Å². The van der Waals surface area contributed by atoms with E-state index in [0.717, 1.165) is 19.4 Å². The lowest BCUT2D eigenvalue weighted by molar-refractivity contribution is -0.109. The molecule has 0 aliphatic heterocycles. The molecule has 3 heteroatoms. The first-order chi connectivity index (χ1) is 7.46. The van der Waals surface area contributed by atoms with E-state index in [1.54, 1.807) is 7.11 Å². The van der Waals surface area contributed by atoms with E-state index < -0.39 is 0 Å². The van der Waals surface area contributed by atoms with Gasteiger partial charge in [0.1, 0.15) is 0 Å². The average Bonchev–Trinajstić information content (AvgIpc) is 2.22. The third-order valence-corrected chi connectivity index (χ3v) is 3.90. The van der Waals surface area contributed by atoms with E-state index in [9.17, 15) is 0 Å². The van der Waals surface area contributed by atoms with Gasteiger partial charge < -0.3 is 15.2 Å². The second-order valence-corrected chi connectivity index (χ2v) is 5.72. The van der Waals surface area contributed by atoms with Crippen LogP contribution in [-0.4, -0.2) is 32.0 Å². The van der Waals surface area contributed by atoms with E-state index >= 15 is 0 Å². The number of methoxy groups -OCH3 is 1. The minimum atomic E-state index is -0.153. The molecular weight excluding hydrogens is 202 g/mol. The van der Waals surface area contributed by atoms with Gasteiger partial charge in [-0.1, -0.05) is 13.8 Å². The molecule has 0 radical (unpaired) electrons. The Morgan fingerprint density at radius 2 is 1.75 bits per heavy atom. The number of nitrogens with two attached hydrogens (primary N) is 1. The minimum absolute atomic E-state index is 0.00597. The van der Waals surface area contributed by atoms with Crippen LogP contribution in [0, 0.1) is 5.41 Å². The zero-order valence-corrected chi connectivity index (χ0v) is 11.2. The highest BCUT2D eigenvalue weighted by molar-refractivity contribution is 4.97. The van der Waals surface area contributed by atoms with Crippen molar-refractivity contribution in [3.8, 4) is 0 Å². The summed E-state index contributed by atoms with van der Waals surface area (Å²) in [6, 6.07) is -0.00597. The summed E-state index contributed by atoms with van der Waals surface area (Å²) in [5, 5.41) is 0. The largest absolute Gasteiger partial charge is 0.383 e. The molecule has 3 nitrogen and oxygen atoms in total. The monoisotopic (exact) mass is 229 g/mol. The molecule has 1 atom stereocenters. The van der Waals surface area contributed by atoms with Crippen molar-refractivity contribution in [1.82, 2.24) is 0 Å². The molecule has 0 amide bonds. The van der Waals surface area contributed by atoms with Crippen LogP contribution in [0.5, 0.6) is 0 Å². The first kappa shape index (κ1) is 13.9. The molecule has 16 heavy (non-hydrogen) atoms. The highest BCUT2D eigenvalue weighted by atomic mass is 16.5. The van der Waals surface area contributed by atoms with E-state index in [2.05, 4.69) is 13.8 Å². The maximum atomic E-state index is 6.22. The van der Waals surface area contributed by atoms with Crippen LogP contribution < -0.4 is 5.73 Å². The summed E-state index contributed by atoms with van der Waals surface area (Å²) in [5.41, 5.74) is 6.50. The number of rotatable bonds is 5. The Hall–Kier alpha value is -0.120. The van der Waals surface area contributed by atoms with E-state index in [0.29, 0.717) is 12.0 Å². The molecule has 1 unspecified atom stereocenters. The summed E-state index contributed by atoms with van der Waals surface area (Å²) in [7, 11) is 1.70. The smallest absolute Gasteiger partial charge is 0.0855 e. The molecule has 1 aliphatic carbocycles. The standard InChI is InChI=1S/C13H27NO2/c1-5-16-13(11(14)10-15-4)8-6-12(2,3)7-9-13/h11H,5-10,14H2,1-4H3. The minimum Gasteiger partial charge on any atom is -0.383 e. The molecule has 96 valence electrons. The van der Waals surface area contributed by atoms with Crippen LogP contribution in [0.15, 0.2) is 0 Å². The van der Waals surface area contributed by atoms with Gasteiger partial charge in [-0.2, -0.15) is 0 Å². The molecule has 0 saturated heterocycles. The molecule has 1 fully saturated rings. The van der Waals surface area contributed by atoms with Gasteiger partial charge in [0.05, 0.1) is 18.2 Å². The molecule has 1 aliphatic rings. The predicted octanol–water partition coefficient (Wildman–Crippen LogP) is 2.34. The van der Waals surface area contributed by atoms with E-state index in [1.807, 2.05) is 6.92 Å². The zero-order valence-electron chi connectivity index (χ0n) is 11.2. The lowest BCUT2D eigenvalue weighted by Gasteiger charge is -2.46. The molecule has 0 spiro atoms. The number of ether oxygens (including phenoxy) is 2. The Morgan fingerprint density at radius 3 is 2.19 bits per heavy atom. The van der Waals surface area contributed by atoms with Crippen molar-refractivity contribution in [3.05, 3.63) is 0 Å². The summed E-state index contributed by atoms with van der Waals surface area (Å²) in [5.74, 6) is 0. The lowest BCUT2D eigenvalue weighted by Crippen LogP contribution is -2.55. The third kappa shape index (κ3) is 3.19. The van der Waals surface area contributed by atoms with Crippen molar-refractivity contribution < 1.29 is 9.47 Å². The molecule has 0 aromatic rings. The van der Waals surface area contributed by atoms with Gasteiger partial charge in [-0.25, -0.2) is 0 Å². The summed E-state index contributed by atoms with van der Waals surface area (Å²) < 4.78 is 11.1. The quantitative estimate of drug-likeness (QED) is 0.787. The van der Waals surface area contributed by atoms with Gasteiger partial charge >= 0.3 is 0 Å². The van der Waals surface area contributed by atoms with Crippen LogP contribution in [0.25, 0.3) is 0 Å². The first-order valence-corrected chi connectivity index (χ1v) is 6.34. The molecular formula is C13H27NO2. The Labute approximate surface area is 99.7 Å². The van der Waals surface area contributed by atoms with E-state index in [4.69, 9.17) is 15.2 Å². The zero-order chi connectivity index (χ0) is 12.2. The van der Waals surface area contributed by atoms with Gasteiger partial charge in [0, 0.05) is 13.7 Å². The summed E-state index contributed by atoms with van der Waals surface area (Å²) in [6.45, 7) is 8.01. The predicted molar refractivity (Wildman–Crippen MR) is 66.5 cm³/mol. The molecule has 0 bridgehead atoms. The normalized spacial score (nSPS) is 25.3.